The lowest BCUT2D eigenvalue weighted by Gasteiger charge is -2.14. The largest absolute Gasteiger partial charge is 0.494 e. The normalized spacial score (nSPS) is 12.9. The van der Waals surface area contributed by atoms with Crippen molar-refractivity contribution in [1.82, 2.24) is 4.72 Å². The van der Waals surface area contributed by atoms with Crippen LogP contribution in [0.5, 0.6) is 5.75 Å². The number of ether oxygens (including phenoxy) is 1. The van der Waals surface area contributed by atoms with Gasteiger partial charge >= 0.3 is 5.97 Å². The van der Waals surface area contributed by atoms with Crippen LogP contribution in [0, 0.1) is 0 Å². The van der Waals surface area contributed by atoms with E-state index in [0.29, 0.717) is 18.8 Å². The average molecular weight is 315 g/mol. The predicted molar refractivity (Wildman–Crippen MR) is 78.9 cm³/mol. The summed E-state index contributed by atoms with van der Waals surface area (Å²) < 4.78 is 31.8. The maximum absolute atomic E-state index is 12.1. The molecule has 1 aromatic rings. The molecule has 0 radical (unpaired) electrons. The predicted octanol–water partition coefficient (Wildman–Crippen LogP) is 2.01. The van der Waals surface area contributed by atoms with E-state index >= 15 is 0 Å². The maximum Gasteiger partial charge on any atom is 0.321 e. The molecule has 0 aliphatic heterocycles. The van der Waals surface area contributed by atoms with Crippen molar-refractivity contribution in [3.8, 4) is 5.75 Å². The summed E-state index contributed by atoms with van der Waals surface area (Å²) in [5.41, 5.74) is 0. The van der Waals surface area contributed by atoms with Crippen LogP contribution in [0.25, 0.3) is 0 Å². The molecule has 0 aliphatic carbocycles. The van der Waals surface area contributed by atoms with Gasteiger partial charge < -0.3 is 9.84 Å². The van der Waals surface area contributed by atoms with Crippen LogP contribution < -0.4 is 9.46 Å². The van der Waals surface area contributed by atoms with Crippen LogP contribution in [0.3, 0.4) is 0 Å². The van der Waals surface area contributed by atoms with Gasteiger partial charge in [-0.3, -0.25) is 4.79 Å². The molecule has 2 N–H and O–H groups in total. The summed E-state index contributed by atoms with van der Waals surface area (Å²) in [7, 11) is -3.85. The molecule has 21 heavy (non-hydrogen) atoms. The molecule has 0 aliphatic rings. The first kappa shape index (κ1) is 17.5. The number of rotatable bonds is 9. The van der Waals surface area contributed by atoms with Crippen LogP contribution in [-0.4, -0.2) is 32.1 Å². The molecule has 0 bridgehead atoms. The lowest BCUT2D eigenvalue weighted by molar-refractivity contribution is -0.139. The Kier molecular flexibility index (Phi) is 6.64. The summed E-state index contributed by atoms with van der Waals surface area (Å²) in [6, 6.07) is 4.80. The van der Waals surface area contributed by atoms with Crippen LogP contribution in [0.1, 0.15) is 33.1 Å². The van der Waals surface area contributed by atoms with Crippen LogP contribution in [0.4, 0.5) is 0 Å². The van der Waals surface area contributed by atoms with Gasteiger partial charge in [-0.1, -0.05) is 20.3 Å². The molecule has 118 valence electrons. The highest BCUT2D eigenvalue weighted by Crippen LogP contribution is 2.17. The number of aliphatic carboxylic acids is 1. The first-order valence-corrected chi connectivity index (χ1v) is 8.37. The molecule has 1 aromatic carbocycles. The Hall–Kier alpha value is -1.60. The van der Waals surface area contributed by atoms with Crippen LogP contribution in [-0.2, 0) is 14.8 Å². The average Bonchev–Trinajstić information content (AvgIpc) is 2.45. The number of carbonyl (C=O) groups is 1. The minimum atomic E-state index is -3.85. The third-order valence-electron chi connectivity index (χ3n) is 2.78. The van der Waals surface area contributed by atoms with Gasteiger partial charge in [-0.25, -0.2) is 8.42 Å². The van der Waals surface area contributed by atoms with Crippen molar-refractivity contribution in [2.24, 2.45) is 0 Å². The Morgan fingerprint density at radius 2 is 1.86 bits per heavy atom. The van der Waals surface area contributed by atoms with Crippen LogP contribution in [0.2, 0.25) is 0 Å². The van der Waals surface area contributed by atoms with Crippen molar-refractivity contribution in [3.63, 3.8) is 0 Å². The molecule has 1 atom stereocenters. The van der Waals surface area contributed by atoms with E-state index in [-0.39, 0.29) is 11.3 Å². The molecule has 0 saturated carbocycles. The molecule has 1 rings (SSSR count). The van der Waals surface area contributed by atoms with Gasteiger partial charge in [0.25, 0.3) is 0 Å². The first-order valence-electron chi connectivity index (χ1n) is 6.88. The lowest BCUT2D eigenvalue weighted by atomic mass is 10.2. The Labute approximate surface area is 125 Å². The lowest BCUT2D eigenvalue weighted by Crippen LogP contribution is -2.40. The molecule has 0 amide bonds. The van der Waals surface area contributed by atoms with Gasteiger partial charge in [0.1, 0.15) is 11.8 Å². The fourth-order valence-corrected chi connectivity index (χ4v) is 2.94. The maximum atomic E-state index is 12.1. The molecule has 1 unspecified atom stereocenters. The topological polar surface area (TPSA) is 92.7 Å². The van der Waals surface area contributed by atoms with Gasteiger partial charge in [0.2, 0.25) is 10.0 Å². The number of nitrogens with one attached hydrogen (secondary N) is 1. The fourth-order valence-electron chi connectivity index (χ4n) is 1.71. The number of hydrogen-bond donors (Lipinski definition) is 2. The molecule has 0 spiro atoms. The number of carboxylic acids is 1. The summed E-state index contributed by atoms with van der Waals surface area (Å²) >= 11 is 0. The summed E-state index contributed by atoms with van der Waals surface area (Å²) in [6.07, 6.45) is 1.68. The monoisotopic (exact) mass is 315 g/mol. The molecule has 7 heteroatoms. The van der Waals surface area contributed by atoms with Crippen LogP contribution in [0.15, 0.2) is 29.2 Å². The van der Waals surface area contributed by atoms with E-state index in [2.05, 4.69) is 4.72 Å². The van der Waals surface area contributed by atoms with Gasteiger partial charge in [0, 0.05) is 0 Å². The van der Waals surface area contributed by atoms with Gasteiger partial charge in [0.05, 0.1) is 11.5 Å². The number of benzene rings is 1. The van der Waals surface area contributed by atoms with Gasteiger partial charge in [-0.05, 0) is 37.1 Å². The van der Waals surface area contributed by atoms with E-state index in [1.54, 1.807) is 19.1 Å². The third kappa shape index (κ3) is 5.35. The summed E-state index contributed by atoms with van der Waals surface area (Å²) in [6.45, 7) is 4.33. The quantitative estimate of drug-likeness (QED) is 0.727. The summed E-state index contributed by atoms with van der Waals surface area (Å²) in [5.74, 6) is -0.595. The van der Waals surface area contributed by atoms with Crippen molar-refractivity contribution in [3.05, 3.63) is 24.3 Å². The highest BCUT2D eigenvalue weighted by atomic mass is 32.2. The van der Waals surface area contributed by atoms with E-state index in [1.807, 2.05) is 6.92 Å². The van der Waals surface area contributed by atoms with E-state index in [9.17, 15) is 13.2 Å². The Morgan fingerprint density at radius 3 is 2.33 bits per heavy atom. The Balaban J connectivity index is 2.84. The van der Waals surface area contributed by atoms with Crippen molar-refractivity contribution >= 4 is 16.0 Å². The molecule has 0 heterocycles. The van der Waals surface area contributed by atoms with E-state index in [0.717, 1.165) is 6.42 Å². The van der Waals surface area contributed by atoms with Gasteiger partial charge in [-0.2, -0.15) is 4.72 Å². The molecule has 0 fully saturated rings. The summed E-state index contributed by atoms with van der Waals surface area (Å²) in [4.78, 5) is 11.0. The number of carboxylic acid groups (broad SMARTS) is 1. The molecule has 6 nitrogen and oxygen atoms in total. The Bertz CT molecular complexity index is 553. The third-order valence-corrected chi connectivity index (χ3v) is 4.27. The Morgan fingerprint density at radius 1 is 1.24 bits per heavy atom. The second kappa shape index (κ2) is 7.99. The number of sulfonamides is 1. The van der Waals surface area contributed by atoms with Crippen molar-refractivity contribution < 1.29 is 23.1 Å². The summed E-state index contributed by atoms with van der Waals surface area (Å²) in [5, 5.41) is 9.01. The first-order chi connectivity index (χ1) is 9.90. The SMILES string of the molecule is CCCOc1ccc(S(=O)(=O)NC(CCC)C(=O)O)cc1. The minimum absolute atomic E-state index is 0.0219. The zero-order valence-electron chi connectivity index (χ0n) is 12.2. The number of hydrogen-bond acceptors (Lipinski definition) is 4. The van der Waals surface area contributed by atoms with Crippen LogP contribution >= 0.6 is 0 Å². The van der Waals surface area contributed by atoms with Crippen molar-refractivity contribution in [2.45, 2.75) is 44.0 Å². The molecular weight excluding hydrogens is 294 g/mol. The standard InChI is InChI=1S/C14H21NO5S/c1-3-5-13(14(16)17)15-21(18,19)12-8-6-11(7-9-12)20-10-4-2/h6-9,13,15H,3-5,10H2,1-2H3,(H,16,17). The second-order valence-electron chi connectivity index (χ2n) is 4.62. The highest BCUT2D eigenvalue weighted by molar-refractivity contribution is 7.89. The second-order valence-corrected chi connectivity index (χ2v) is 6.33. The zero-order valence-corrected chi connectivity index (χ0v) is 13.0. The highest BCUT2D eigenvalue weighted by Gasteiger charge is 2.24. The van der Waals surface area contributed by atoms with Crippen molar-refractivity contribution in [1.29, 1.82) is 0 Å². The molecule has 0 aromatic heterocycles. The van der Waals surface area contributed by atoms with Gasteiger partial charge in [-0.15, -0.1) is 0 Å². The van der Waals surface area contributed by atoms with E-state index in [4.69, 9.17) is 9.84 Å². The molecular formula is C14H21NO5S. The van der Waals surface area contributed by atoms with Gasteiger partial charge in [0.15, 0.2) is 0 Å². The van der Waals surface area contributed by atoms with E-state index < -0.39 is 22.0 Å². The fraction of sp³-hybridized carbons (Fsp3) is 0.500. The smallest absolute Gasteiger partial charge is 0.321 e. The van der Waals surface area contributed by atoms with Crippen molar-refractivity contribution in [2.75, 3.05) is 6.61 Å². The van der Waals surface area contributed by atoms with E-state index in [1.165, 1.54) is 12.1 Å². The minimum Gasteiger partial charge on any atom is -0.494 e. The zero-order chi connectivity index (χ0) is 15.9. The molecule has 0 saturated heterocycles.